The zero-order chi connectivity index (χ0) is 14.0. The third-order valence-electron chi connectivity index (χ3n) is 5.44. The molecule has 0 bridgehead atoms. The molecule has 0 aromatic heterocycles. The van der Waals surface area contributed by atoms with Gasteiger partial charge in [-0.25, -0.2) is 0 Å². The van der Waals surface area contributed by atoms with Crippen LogP contribution in [0.4, 0.5) is 0 Å². The van der Waals surface area contributed by atoms with Gasteiger partial charge in [0.2, 0.25) is 0 Å². The van der Waals surface area contributed by atoms with Gasteiger partial charge in [0, 0.05) is 30.9 Å². The first-order chi connectivity index (χ1) is 9.74. The molecular weight excluding hydrogens is 270 g/mol. The molecule has 3 rings (SSSR count). The van der Waals surface area contributed by atoms with Crippen LogP contribution in [0.1, 0.15) is 39.5 Å². The highest BCUT2D eigenvalue weighted by Gasteiger charge is 2.45. The Hall–Kier alpha value is 0.230. The van der Waals surface area contributed by atoms with Crippen molar-refractivity contribution in [2.45, 2.75) is 57.3 Å². The van der Waals surface area contributed by atoms with Gasteiger partial charge in [0.15, 0.2) is 0 Å². The number of ether oxygens (including phenoxy) is 2. The summed E-state index contributed by atoms with van der Waals surface area (Å²) in [5, 5.41) is 3.79. The van der Waals surface area contributed by atoms with E-state index in [1.54, 1.807) is 0 Å². The van der Waals surface area contributed by atoms with Crippen molar-refractivity contribution in [1.82, 2.24) is 5.32 Å². The predicted molar refractivity (Wildman–Crippen MR) is 84.3 cm³/mol. The van der Waals surface area contributed by atoms with E-state index in [4.69, 9.17) is 9.47 Å². The third kappa shape index (κ3) is 3.03. The van der Waals surface area contributed by atoms with Crippen molar-refractivity contribution in [3.63, 3.8) is 0 Å². The Morgan fingerprint density at radius 2 is 2.25 bits per heavy atom. The Morgan fingerprint density at radius 1 is 1.35 bits per heavy atom. The molecule has 3 aliphatic heterocycles. The number of thioether (sulfide) groups is 1. The molecule has 5 atom stereocenters. The number of hydrogen-bond donors (Lipinski definition) is 1. The summed E-state index contributed by atoms with van der Waals surface area (Å²) in [6.07, 6.45) is 5.35. The summed E-state index contributed by atoms with van der Waals surface area (Å²) < 4.78 is 12.0. The van der Waals surface area contributed by atoms with Crippen molar-refractivity contribution in [2.24, 2.45) is 11.8 Å². The van der Waals surface area contributed by atoms with E-state index >= 15 is 0 Å². The summed E-state index contributed by atoms with van der Waals surface area (Å²) in [5.74, 6) is 3.93. The van der Waals surface area contributed by atoms with Crippen LogP contribution in [-0.4, -0.2) is 49.0 Å². The van der Waals surface area contributed by atoms with Gasteiger partial charge >= 0.3 is 0 Å². The topological polar surface area (TPSA) is 30.5 Å². The van der Waals surface area contributed by atoms with E-state index in [2.05, 4.69) is 30.9 Å². The minimum Gasteiger partial charge on any atom is -0.378 e. The average Bonchev–Trinajstić information content (AvgIpc) is 3.06. The van der Waals surface area contributed by atoms with Crippen LogP contribution in [0.5, 0.6) is 0 Å². The Kier molecular flexibility index (Phi) is 4.96. The van der Waals surface area contributed by atoms with E-state index in [0.29, 0.717) is 18.1 Å². The van der Waals surface area contributed by atoms with Gasteiger partial charge in [-0.05, 0) is 50.8 Å². The zero-order valence-corrected chi connectivity index (χ0v) is 13.7. The lowest BCUT2D eigenvalue weighted by molar-refractivity contribution is -0.0898. The van der Waals surface area contributed by atoms with Crippen LogP contribution in [0, 0.1) is 11.8 Å². The highest BCUT2D eigenvalue weighted by molar-refractivity contribution is 7.99. The molecular formula is C16H29NO2S. The van der Waals surface area contributed by atoms with Crippen molar-refractivity contribution in [1.29, 1.82) is 0 Å². The van der Waals surface area contributed by atoms with E-state index in [0.717, 1.165) is 25.7 Å². The summed E-state index contributed by atoms with van der Waals surface area (Å²) in [7, 11) is 0. The van der Waals surface area contributed by atoms with Crippen LogP contribution in [0.15, 0.2) is 0 Å². The van der Waals surface area contributed by atoms with Gasteiger partial charge in [0.05, 0.1) is 11.7 Å². The zero-order valence-electron chi connectivity index (χ0n) is 12.9. The Bertz CT molecular complexity index is 320. The lowest BCUT2D eigenvalue weighted by Gasteiger charge is -2.43. The van der Waals surface area contributed by atoms with Crippen molar-refractivity contribution in [3.8, 4) is 0 Å². The third-order valence-corrected chi connectivity index (χ3v) is 6.67. The molecule has 3 saturated heterocycles. The molecule has 3 heterocycles. The van der Waals surface area contributed by atoms with Crippen LogP contribution in [0.2, 0.25) is 0 Å². The quantitative estimate of drug-likeness (QED) is 0.864. The summed E-state index contributed by atoms with van der Waals surface area (Å²) >= 11 is 2.07. The van der Waals surface area contributed by atoms with Crippen LogP contribution >= 0.6 is 11.8 Å². The van der Waals surface area contributed by atoms with E-state index in [9.17, 15) is 0 Å². The minimum atomic E-state index is 0.198. The second kappa shape index (κ2) is 6.55. The van der Waals surface area contributed by atoms with Crippen LogP contribution < -0.4 is 5.32 Å². The normalized spacial score (nSPS) is 43.2. The molecule has 20 heavy (non-hydrogen) atoms. The average molecular weight is 299 g/mol. The predicted octanol–water partition coefficient (Wildman–Crippen LogP) is 2.69. The Balaban J connectivity index is 1.70. The summed E-state index contributed by atoms with van der Waals surface area (Å²) in [5.41, 5.74) is 0.198. The first-order valence-electron chi connectivity index (χ1n) is 8.31. The SMILES string of the molecule is CCNC(C1CCOC2(CCSC2)C1)C1CCOC1C. The maximum Gasteiger partial charge on any atom is 0.0783 e. The van der Waals surface area contributed by atoms with Gasteiger partial charge in [-0.3, -0.25) is 0 Å². The summed E-state index contributed by atoms with van der Waals surface area (Å²) in [6, 6.07) is 0.615. The molecule has 0 saturated carbocycles. The fourth-order valence-electron chi connectivity index (χ4n) is 4.36. The second-order valence-corrected chi connectivity index (χ2v) is 7.80. The lowest BCUT2D eigenvalue weighted by Crippen LogP contribution is -2.51. The largest absolute Gasteiger partial charge is 0.378 e. The van der Waals surface area contributed by atoms with E-state index in [-0.39, 0.29) is 5.60 Å². The summed E-state index contributed by atoms with van der Waals surface area (Å²) in [4.78, 5) is 0. The summed E-state index contributed by atoms with van der Waals surface area (Å²) in [6.45, 7) is 7.44. The fraction of sp³-hybridized carbons (Fsp3) is 1.00. The molecule has 3 nitrogen and oxygen atoms in total. The number of rotatable bonds is 4. The smallest absolute Gasteiger partial charge is 0.0783 e. The van der Waals surface area contributed by atoms with Gasteiger partial charge in [0.1, 0.15) is 0 Å². The maximum absolute atomic E-state index is 6.19. The van der Waals surface area contributed by atoms with Crippen LogP contribution in [-0.2, 0) is 9.47 Å². The van der Waals surface area contributed by atoms with E-state index in [1.807, 2.05) is 0 Å². The van der Waals surface area contributed by atoms with Crippen molar-refractivity contribution < 1.29 is 9.47 Å². The van der Waals surface area contributed by atoms with Crippen molar-refractivity contribution >= 4 is 11.8 Å². The standard InChI is InChI=1S/C16H29NO2S/c1-3-17-15(14-5-7-18-12(14)2)13-4-8-19-16(10-13)6-9-20-11-16/h12-15,17H,3-11H2,1-2H3. The Labute approximate surface area is 127 Å². The first-order valence-corrected chi connectivity index (χ1v) is 9.46. The molecule has 0 aromatic rings. The maximum atomic E-state index is 6.19. The Morgan fingerprint density at radius 3 is 2.90 bits per heavy atom. The highest BCUT2D eigenvalue weighted by atomic mass is 32.2. The molecule has 0 aliphatic carbocycles. The molecule has 116 valence electrons. The molecule has 3 fully saturated rings. The molecule has 1 spiro atoms. The number of hydrogen-bond acceptors (Lipinski definition) is 4. The van der Waals surface area contributed by atoms with E-state index in [1.165, 1.54) is 37.2 Å². The molecule has 0 aromatic carbocycles. The highest BCUT2D eigenvalue weighted by Crippen LogP contribution is 2.43. The molecule has 5 unspecified atom stereocenters. The van der Waals surface area contributed by atoms with E-state index < -0.39 is 0 Å². The van der Waals surface area contributed by atoms with Gasteiger partial charge in [0.25, 0.3) is 0 Å². The van der Waals surface area contributed by atoms with Crippen molar-refractivity contribution in [2.75, 3.05) is 31.3 Å². The fourth-order valence-corrected chi connectivity index (χ4v) is 5.74. The molecule has 1 N–H and O–H groups in total. The van der Waals surface area contributed by atoms with Crippen LogP contribution in [0.25, 0.3) is 0 Å². The first kappa shape index (κ1) is 15.1. The van der Waals surface area contributed by atoms with Gasteiger partial charge in [-0.15, -0.1) is 0 Å². The monoisotopic (exact) mass is 299 g/mol. The van der Waals surface area contributed by atoms with Gasteiger partial charge in [-0.2, -0.15) is 11.8 Å². The molecule has 0 radical (unpaired) electrons. The molecule has 4 heteroatoms. The molecule has 0 amide bonds. The number of nitrogens with one attached hydrogen (secondary N) is 1. The lowest BCUT2D eigenvalue weighted by atomic mass is 9.75. The van der Waals surface area contributed by atoms with Gasteiger partial charge < -0.3 is 14.8 Å². The van der Waals surface area contributed by atoms with Crippen molar-refractivity contribution in [3.05, 3.63) is 0 Å². The van der Waals surface area contributed by atoms with Crippen LogP contribution in [0.3, 0.4) is 0 Å². The van der Waals surface area contributed by atoms with Gasteiger partial charge in [-0.1, -0.05) is 6.92 Å². The minimum absolute atomic E-state index is 0.198. The second-order valence-electron chi connectivity index (χ2n) is 6.70. The molecule has 3 aliphatic rings.